The maximum Gasteiger partial charge on any atom is 0.345 e. The Labute approximate surface area is 143 Å². The van der Waals surface area contributed by atoms with Crippen molar-refractivity contribution in [3.63, 3.8) is 0 Å². The van der Waals surface area contributed by atoms with Crippen LogP contribution in [0.4, 0.5) is 0 Å². The number of carbonyl (C=O) groups is 2. The van der Waals surface area contributed by atoms with Gasteiger partial charge in [0.15, 0.2) is 0 Å². The molecule has 0 aliphatic carbocycles. The summed E-state index contributed by atoms with van der Waals surface area (Å²) in [6.45, 7) is 1.59. The summed E-state index contributed by atoms with van der Waals surface area (Å²) in [4.78, 5) is 24.7. The van der Waals surface area contributed by atoms with Crippen molar-refractivity contribution in [2.45, 2.75) is 13.2 Å². The van der Waals surface area contributed by atoms with Gasteiger partial charge in [0.1, 0.15) is 34.1 Å². The van der Waals surface area contributed by atoms with Gasteiger partial charge in [-0.15, -0.1) is 0 Å². The van der Waals surface area contributed by atoms with Gasteiger partial charge in [0.05, 0.1) is 19.8 Å². The summed E-state index contributed by atoms with van der Waals surface area (Å²) in [5.74, 6) is -1.16. The molecule has 25 heavy (non-hydrogen) atoms. The van der Waals surface area contributed by atoms with Crippen LogP contribution in [0.15, 0.2) is 23.7 Å². The van der Waals surface area contributed by atoms with Crippen LogP contribution in [-0.2, 0) is 14.2 Å². The molecule has 1 aromatic carbocycles. The molecule has 1 aromatic rings. The van der Waals surface area contributed by atoms with Gasteiger partial charge in [-0.2, -0.15) is 0 Å². The zero-order valence-corrected chi connectivity index (χ0v) is 14.0. The van der Waals surface area contributed by atoms with Crippen molar-refractivity contribution in [1.29, 1.82) is 0 Å². The number of cyclic esters (lactones) is 1. The molecular weight excluding hydrogens is 332 g/mol. The molecule has 0 bridgehead atoms. The van der Waals surface area contributed by atoms with Crippen LogP contribution in [0, 0.1) is 0 Å². The van der Waals surface area contributed by atoms with Crippen LogP contribution < -0.4 is 9.47 Å². The largest absolute Gasteiger partial charge is 0.507 e. The molecule has 1 N–H and O–H groups in total. The lowest BCUT2D eigenvalue weighted by atomic mass is 9.91. The van der Waals surface area contributed by atoms with Gasteiger partial charge in [-0.05, 0) is 13.0 Å². The molecule has 3 rings (SSSR count). The van der Waals surface area contributed by atoms with Crippen molar-refractivity contribution in [3.05, 3.63) is 40.4 Å². The number of hydrogen-bond donors (Lipinski definition) is 1. The van der Waals surface area contributed by atoms with Gasteiger partial charge in [0.25, 0.3) is 0 Å². The van der Waals surface area contributed by atoms with Gasteiger partial charge in [-0.1, -0.05) is 0 Å². The molecule has 0 spiro atoms. The third-order valence-electron chi connectivity index (χ3n) is 3.89. The monoisotopic (exact) mass is 348 g/mol. The van der Waals surface area contributed by atoms with Gasteiger partial charge in [0, 0.05) is 18.7 Å². The van der Waals surface area contributed by atoms with Gasteiger partial charge in [-0.3, -0.25) is 0 Å². The first-order valence-corrected chi connectivity index (χ1v) is 7.29. The van der Waals surface area contributed by atoms with Crippen LogP contribution in [0.25, 0.3) is 5.57 Å². The smallest absolute Gasteiger partial charge is 0.345 e. The molecule has 0 saturated carbocycles. The predicted octanol–water partition coefficient (Wildman–Crippen LogP) is 2.19. The summed E-state index contributed by atoms with van der Waals surface area (Å²) < 4.78 is 26.1. The van der Waals surface area contributed by atoms with E-state index in [1.54, 1.807) is 6.92 Å². The number of benzene rings is 1. The van der Waals surface area contributed by atoms with Crippen LogP contribution in [-0.4, -0.2) is 44.7 Å². The maximum atomic E-state index is 12.4. The molecule has 8 nitrogen and oxygen atoms in total. The van der Waals surface area contributed by atoms with Gasteiger partial charge in [-0.25, -0.2) is 9.59 Å². The second kappa shape index (κ2) is 6.14. The zero-order valence-electron chi connectivity index (χ0n) is 14.0. The average molecular weight is 348 g/mol. The number of esters is 2. The van der Waals surface area contributed by atoms with E-state index in [4.69, 9.17) is 23.7 Å². The van der Waals surface area contributed by atoms with Crippen molar-refractivity contribution in [3.8, 4) is 11.5 Å². The van der Waals surface area contributed by atoms with E-state index in [0.717, 1.165) is 0 Å². The molecule has 8 heteroatoms. The highest BCUT2D eigenvalue weighted by Crippen LogP contribution is 2.47. The number of rotatable bonds is 3. The van der Waals surface area contributed by atoms with Crippen LogP contribution >= 0.6 is 0 Å². The lowest BCUT2D eigenvalue weighted by Crippen LogP contribution is -2.30. The van der Waals surface area contributed by atoms with Crippen molar-refractivity contribution in [1.82, 2.24) is 0 Å². The number of hydrogen-bond acceptors (Lipinski definition) is 8. The van der Waals surface area contributed by atoms with E-state index in [1.807, 2.05) is 0 Å². The highest BCUT2D eigenvalue weighted by atomic mass is 16.7. The first-order valence-electron chi connectivity index (χ1n) is 7.29. The standard InChI is InChI=1S/C17H16O8/c1-7-5-9(18)11-13-12(16(20)25-17(11)23-4)10(21-2)6-8(14(13)24-7)15(19)22-3/h5-6,17-18H,1-4H3. The number of carbonyl (C=O) groups excluding carboxylic acids is 2. The van der Waals surface area contributed by atoms with Crippen molar-refractivity contribution < 1.29 is 38.4 Å². The highest BCUT2D eigenvalue weighted by Gasteiger charge is 2.41. The summed E-state index contributed by atoms with van der Waals surface area (Å²) in [7, 11) is 3.90. The van der Waals surface area contributed by atoms with Crippen LogP contribution in [0.2, 0.25) is 0 Å². The summed E-state index contributed by atoms with van der Waals surface area (Å²) in [6, 6.07) is 1.33. The molecule has 2 aliphatic heterocycles. The van der Waals surface area contributed by atoms with E-state index < -0.39 is 18.2 Å². The average Bonchev–Trinajstić information content (AvgIpc) is 2.72. The predicted molar refractivity (Wildman–Crippen MR) is 84.5 cm³/mol. The van der Waals surface area contributed by atoms with E-state index in [2.05, 4.69) is 0 Å². The second-order valence-corrected chi connectivity index (χ2v) is 5.33. The fraction of sp³-hybridized carbons (Fsp3) is 0.294. The molecule has 0 radical (unpaired) electrons. The Balaban J connectivity index is 2.46. The lowest BCUT2D eigenvalue weighted by Gasteiger charge is -2.29. The lowest BCUT2D eigenvalue weighted by molar-refractivity contribution is -0.0576. The number of allylic oxidation sites excluding steroid dienone is 2. The minimum Gasteiger partial charge on any atom is -0.507 e. The summed E-state index contributed by atoms with van der Waals surface area (Å²) in [5.41, 5.74) is 0.409. The molecule has 2 heterocycles. The number of ether oxygens (including phenoxy) is 5. The fourth-order valence-corrected chi connectivity index (χ4v) is 2.84. The number of aliphatic hydroxyl groups excluding tert-OH is 1. The van der Waals surface area contributed by atoms with Gasteiger partial charge >= 0.3 is 11.9 Å². The first kappa shape index (κ1) is 16.8. The van der Waals surface area contributed by atoms with Crippen molar-refractivity contribution in [2.24, 2.45) is 0 Å². The Morgan fingerprint density at radius 3 is 2.56 bits per heavy atom. The molecule has 0 saturated heterocycles. The van der Waals surface area contributed by atoms with E-state index in [-0.39, 0.29) is 39.5 Å². The normalized spacial score (nSPS) is 18.5. The fourth-order valence-electron chi connectivity index (χ4n) is 2.84. The third-order valence-corrected chi connectivity index (χ3v) is 3.89. The second-order valence-electron chi connectivity index (χ2n) is 5.33. The van der Waals surface area contributed by atoms with Crippen LogP contribution in [0.5, 0.6) is 11.5 Å². The third kappa shape index (κ3) is 2.51. The van der Waals surface area contributed by atoms with Crippen LogP contribution in [0.1, 0.15) is 33.2 Å². The highest BCUT2D eigenvalue weighted by molar-refractivity contribution is 6.07. The van der Waals surface area contributed by atoms with E-state index in [9.17, 15) is 14.7 Å². The van der Waals surface area contributed by atoms with Gasteiger partial charge < -0.3 is 28.8 Å². The van der Waals surface area contributed by atoms with E-state index in [0.29, 0.717) is 5.76 Å². The van der Waals surface area contributed by atoms with E-state index >= 15 is 0 Å². The Morgan fingerprint density at radius 2 is 1.96 bits per heavy atom. The molecular formula is C17H16O8. The number of methoxy groups -OCH3 is 3. The SMILES string of the molecule is COC(=O)c1cc(OC)c2c3c1OC(C)=CC(O)=C3C(OC)OC2=O. The maximum absolute atomic E-state index is 12.4. The van der Waals surface area contributed by atoms with E-state index in [1.165, 1.54) is 33.5 Å². The number of aliphatic hydroxyl groups is 1. The topological polar surface area (TPSA) is 101 Å². The Bertz CT molecular complexity index is 834. The Hall–Kier alpha value is -3.00. The van der Waals surface area contributed by atoms with Crippen molar-refractivity contribution in [2.75, 3.05) is 21.3 Å². The Kier molecular flexibility index (Phi) is 4.13. The molecule has 1 unspecified atom stereocenters. The molecule has 1 atom stereocenters. The van der Waals surface area contributed by atoms with Crippen molar-refractivity contribution >= 4 is 17.5 Å². The Morgan fingerprint density at radius 1 is 1.24 bits per heavy atom. The van der Waals surface area contributed by atoms with Gasteiger partial charge in [0.2, 0.25) is 6.29 Å². The minimum absolute atomic E-state index is 0.0307. The quantitative estimate of drug-likeness (QED) is 0.830. The molecule has 0 amide bonds. The summed E-state index contributed by atoms with van der Waals surface area (Å²) >= 11 is 0. The molecule has 132 valence electrons. The molecule has 0 aromatic heterocycles. The van der Waals surface area contributed by atoms with Crippen LogP contribution in [0.3, 0.4) is 0 Å². The first-order chi connectivity index (χ1) is 11.9. The summed E-state index contributed by atoms with van der Waals surface area (Å²) in [6.07, 6.45) is 0.180. The molecule has 2 aliphatic rings. The minimum atomic E-state index is -1.16. The zero-order chi connectivity index (χ0) is 18.3. The summed E-state index contributed by atoms with van der Waals surface area (Å²) in [5, 5.41) is 10.5. The molecule has 0 fully saturated rings.